The molecule has 0 bridgehead atoms. The SMILES string of the molecule is C#Cc1ccccc1CNC1CC1. The minimum atomic E-state index is 0.742. The second kappa shape index (κ2) is 3.64. The molecule has 0 unspecified atom stereocenters. The van der Waals surface area contributed by atoms with Crippen LogP contribution < -0.4 is 5.32 Å². The predicted molar refractivity (Wildman–Crippen MR) is 54.2 cm³/mol. The second-order valence-electron chi connectivity index (χ2n) is 3.46. The van der Waals surface area contributed by atoms with E-state index in [1.54, 1.807) is 0 Å². The summed E-state index contributed by atoms with van der Waals surface area (Å²) in [5.74, 6) is 2.70. The monoisotopic (exact) mass is 171 g/mol. The molecule has 0 spiro atoms. The van der Waals surface area contributed by atoms with Gasteiger partial charge in [0.25, 0.3) is 0 Å². The van der Waals surface area contributed by atoms with E-state index in [4.69, 9.17) is 6.42 Å². The van der Waals surface area contributed by atoms with Crippen LogP contribution in [0, 0.1) is 12.3 Å². The van der Waals surface area contributed by atoms with E-state index in [0.29, 0.717) is 0 Å². The largest absolute Gasteiger partial charge is 0.310 e. The van der Waals surface area contributed by atoms with E-state index in [-0.39, 0.29) is 0 Å². The van der Waals surface area contributed by atoms with Gasteiger partial charge in [0.15, 0.2) is 0 Å². The molecule has 0 heterocycles. The van der Waals surface area contributed by atoms with Crippen LogP contribution in [0.15, 0.2) is 24.3 Å². The third-order valence-corrected chi connectivity index (χ3v) is 2.33. The number of nitrogens with one attached hydrogen (secondary N) is 1. The van der Waals surface area contributed by atoms with Gasteiger partial charge >= 0.3 is 0 Å². The minimum Gasteiger partial charge on any atom is -0.310 e. The van der Waals surface area contributed by atoms with Crippen molar-refractivity contribution in [3.63, 3.8) is 0 Å². The smallest absolute Gasteiger partial charge is 0.0287 e. The molecule has 1 aromatic rings. The Morgan fingerprint density at radius 3 is 2.85 bits per heavy atom. The number of benzene rings is 1. The quantitative estimate of drug-likeness (QED) is 0.685. The molecule has 0 atom stereocenters. The standard InChI is InChI=1S/C12H13N/c1-2-10-5-3-4-6-11(10)9-13-12-7-8-12/h1,3-6,12-13H,7-9H2. The Balaban J connectivity index is 2.05. The predicted octanol–water partition coefficient (Wildman–Crippen LogP) is 1.92. The molecule has 66 valence electrons. The second-order valence-corrected chi connectivity index (χ2v) is 3.46. The molecule has 0 aliphatic heterocycles. The van der Waals surface area contributed by atoms with Gasteiger partial charge in [0.05, 0.1) is 0 Å². The van der Waals surface area contributed by atoms with E-state index in [0.717, 1.165) is 18.2 Å². The first-order valence-electron chi connectivity index (χ1n) is 4.68. The Kier molecular flexibility index (Phi) is 2.33. The van der Waals surface area contributed by atoms with E-state index in [2.05, 4.69) is 17.3 Å². The van der Waals surface area contributed by atoms with Crippen molar-refractivity contribution in [2.75, 3.05) is 0 Å². The van der Waals surface area contributed by atoms with Gasteiger partial charge in [0.2, 0.25) is 0 Å². The maximum Gasteiger partial charge on any atom is 0.0287 e. The molecule has 13 heavy (non-hydrogen) atoms. The lowest BCUT2D eigenvalue weighted by atomic mass is 10.1. The molecule has 2 rings (SSSR count). The fourth-order valence-electron chi connectivity index (χ4n) is 1.36. The summed E-state index contributed by atoms with van der Waals surface area (Å²) in [7, 11) is 0. The van der Waals surface area contributed by atoms with E-state index >= 15 is 0 Å². The summed E-state index contributed by atoms with van der Waals surface area (Å²) in [6.45, 7) is 0.908. The summed E-state index contributed by atoms with van der Waals surface area (Å²) >= 11 is 0. The number of hydrogen-bond donors (Lipinski definition) is 1. The Morgan fingerprint density at radius 2 is 2.15 bits per heavy atom. The summed E-state index contributed by atoms with van der Waals surface area (Å²) in [5.41, 5.74) is 2.24. The van der Waals surface area contributed by atoms with Crippen molar-refractivity contribution in [2.24, 2.45) is 0 Å². The Bertz CT molecular complexity index is 331. The van der Waals surface area contributed by atoms with E-state index in [9.17, 15) is 0 Å². The van der Waals surface area contributed by atoms with Crippen molar-refractivity contribution in [1.82, 2.24) is 5.32 Å². The normalized spacial score (nSPS) is 15.3. The maximum atomic E-state index is 5.39. The lowest BCUT2D eigenvalue weighted by Crippen LogP contribution is -2.15. The zero-order valence-electron chi connectivity index (χ0n) is 7.59. The van der Waals surface area contributed by atoms with Gasteiger partial charge in [-0.15, -0.1) is 6.42 Å². The molecule has 1 fully saturated rings. The summed E-state index contributed by atoms with van der Waals surface area (Å²) in [6.07, 6.45) is 8.03. The van der Waals surface area contributed by atoms with Gasteiger partial charge in [-0.05, 0) is 24.5 Å². The van der Waals surface area contributed by atoms with Gasteiger partial charge in [0.1, 0.15) is 0 Å². The molecular weight excluding hydrogens is 158 g/mol. The molecule has 0 aromatic heterocycles. The van der Waals surface area contributed by atoms with Crippen LogP contribution >= 0.6 is 0 Å². The van der Waals surface area contributed by atoms with Crippen LogP contribution in [-0.2, 0) is 6.54 Å². The van der Waals surface area contributed by atoms with Gasteiger partial charge in [-0.25, -0.2) is 0 Å². The van der Waals surface area contributed by atoms with Crippen LogP contribution in [0.1, 0.15) is 24.0 Å². The molecular formula is C12H13N. The van der Waals surface area contributed by atoms with Crippen molar-refractivity contribution in [3.8, 4) is 12.3 Å². The molecule has 1 heteroatoms. The molecule has 0 amide bonds. The number of terminal acetylenes is 1. The highest BCUT2D eigenvalue weighted by Gasteiger charge is 2.20. The first kappa shape index (κ1) is 8.34. The lowest BCUT2D eigenvalue weighted by Gasteiger charge is -2.04. The Morgan fingerprint density at radius 1 is 1.38 bits per heavy atom. The maximum absolute atomic E-state index is 5.39. The first-order valence-corrected chi connectivity index (χ1v) is 4.68. The van der Waals surface area contributed by atoms with Crippen molar-refractivity contribution in [2.45, 2.75) is 25.4 Å². The summed E-state index contributed by atoms with van der Waals surface area (Å²) in [4.78, 5) is 0. The number of rotatable bonds is 3. The third kappa shape index (κ3) is 2.11. The molecule has 0 saturated heterocycles. The van der Waals surface area contributed by atoms with Crippen molar-refractivity contribution < 1.29 is 0 Å². The van der Waals surface area contributed by atoms with Gasteiger partial charge in [-0.3, -0.25) is 0 Å². The molecule has 1 nitrogen and oxygen atoms in total. The minimum absolute atomic E-state index is 0.742. The summed E-state index contributed by atoms with van der Waals surface area (Å²) in [6, 6.07) is 8.83. The van der Waals surface area contributed by atoms with Crippen molar-refractivity contribution >= 4 is 0 Å². The summed E-state index contributed by atoms with van der Waals surface area (Å²) < 4.78 is 0. The van der Waals surface area contributed by atoms with Crippen LogP contribution in [0.4, 0.5) is 0 Å². The average molecular weight is 171 g/mol. The van der Waals surface area contributed by atoms with Crippen LogP contribution in [-0.4, -0.2) is 6.04 Å². The fraction of sp³-hybridized carbons (Fsp3) is 0.333. The van der Waals surface area contributed by atoms with Gasteiger partial charge < -0.3 is 5.32 Å². The topological polar surface area (TPSA) is 12.0 Å². The van der Waals surface area contributed by atoms with Crippen molar-refractivity contribution in [1.29, 1.82) is 0 Å². The van der Waals surface area contributed by atoms with Gasteiger partial charge in [-0.1, -0.05) is 24.1 Å². The zero-order valence-corrected chi connectivity index (χ0v) is 7.59. The first-order chi connectivity index (χ1) is 6.40. The van der Waals surface area contributed by atoms with Crippen LogP contribution in [0.25, 0.3) is 0 Å². The van der Waals surface area contributed by atoms with E-state index in [1.165, 1.54) is 18.4 Å². The van der Waals surface area contributed by atoms with E-state index < -0.39 is 0 Å². The molecule has 1 aromatic carbocycles. The highest BCUT2D eigenvalue weighted by Crippen LogP contribution is 2.19. The van der Waals surface area contributed by atoms with Gasteiger partial charge in [-0.2, -0.15) is 0 Å². The molecule has 1 saturated carbocycles. The molecule has 1 aliphatic carbocycles. The van der Waals surface area contributed by atoms with Crippen LogP contribution in [0.5, 0.6) is 0 Å². The Hall–Kier alpha value is -1.26. The van der Waals surface area contributed by atoms with Crippen LogP contribution in [0.3, 0.4) is 0 Å². The Labute approximate surface area is 79.2 Å². The fourth-order valence-corrected chi connectivity index (χ4v) is 1.36. The molecule has 1 N–H and O–H groups in total. The van der Waals surface area contributed by atoms with Crippen molar-refractivity contribution in [3.05, 3.63) is 35.4 Å². The van der Waals surface area contributed by atoms with Gasteiger partial charge in [0, 0.05) is 18.2 Å². The highest BCUT2D eigenvalue weighted by molar-refractivity contribution is 5.39. The molecule has 1 aliphatic rings. The van der Waals surface area contributed by atoms with Crippen LogP contribution in [0.2, 0.25) is 0 Å². The zero-order chi connectivity index (χ0) is 9.10. The average Bonchev–Trinajstić information content (AvgIpc) is 2.99. The summed E-state index contributed by atoms with van der Waals surface area (Å²) in [5, 5.41) is 3.45. The van der Waals surface area contributed by atoms with E-state index in [1.807, 2.05) is 18.2 Å². The molecule has 0 radical (unpaired) electrons. The number of hydrogen-bond acceptors (Lipinski definition) is 1. The highest BCUT2D eigenvalue weighted by atomic mass is 14.9. The third-order valence-electron chi connectivity index (χ3n) is 2.33. The lowest BCUT2D eigenvalue weighted by molar-refractivity contribution is 0.687.